The van der Waals surface area contributed by atoms with Crippen molar-refractivity contribution >= 4 is 11.5 Å². The molecule has 0 atom stereocenters. The predicted molar refractivity (Wildman–Crippen MR) is 93.8 cm³/mol. The predicted octanol–water partition coefficient (Wildman–Crippen LogP) is 3.29. The van der Waals surface area contributed by atoms with E-state index < -0.39 is 11.6 Å². The third-order valence-corrected chi connectivity index (χ3v) is 3.87. The number of hydrogen-bond donors (Lipinski definition) is 1. The van der Waals surface area contributed by atoms with Crippen molar-refractivity contribution in [3.05, 3.63) is 53.7 Å². The summed E-state index contributed by atoms with van der Waals surface area (Å²) in [5.74, 6) is -0.532. The van der Waals surface area contributed by atoms with E-state index in [1.54, 1.807) is 6.20 Å². The maximum absolute atomic E-state index is 13.8. The van der Waals surface area contributed by atoms with Crippen LogP contribution in [0, 0.1) is 11.6 Å². The van der Waals surface area contributed by atoms with Gasteiger partial charge in [-0.3, -0.25) is 4.90 Å². The lowest BCUT2D eigenvalue weighted by molar-refractivity contribution is 0.249. The minimum atomic E-state index is -0.546. The first-order valence-electron chi connectivity index (χ1n) is 8.24. The number of rotatable bonds is 3. The topological polar surface area (TPSA) is 45.4 Å². The molecule has 0 saturated carbocycles. The minimum Gasteiger partial charge on any atom is -0.384 e. The van der Waals surface area contributed by atoms with Crippen LogP contribution < -0.4 is 10.6 Å². The van der Waals surface area contributed by atoms with Gasteiger partial charge in [0.15, 0.2) is 0 Å². The number of benzene rings is 1. The van der Waals surface area contributed by atoms with Crippen molar-refractivity contribution in [2.75, 3.05) is 36.8 Å². The maximum Gasteiger partial charge on any atom is 0.149 e. The Hall–Kier alpha value is -2.21. The van der Waals surface area contributed by atoms with Crippen LogP contribution >= 0.6 is 0 Å². The highest BCUT2D eigenvalue weighted by atomic mass is 19.1. The van der Waals surface area contributed by atoms with Crippen molar-refractivity contribution in [2.45, 2.75) is 20.4 Å². The first-order valence-corrected chi connectivity index (χ1v) is 8.24. The molecule has 2 N–H and O–H groups in total. The van der Waals surface area contributed by atoms with E-state index in [0.717, 1.165) is 31.3 Å². The van der Waals surface area contributed by atoms with Gasteiger partial charge in [0.1, 0.15) is 17.5 Å². The SMILES string of the molecule is CC.Nc1cc(CN2CCN(c3ccc(F)cc3F)CC2)ccn1. The molecular weight excluding hydrogens is 310 g/mol. The second-order valence-corrected chi connectivity index (χ2v) is 5.45. The lowest BCUT2D eigenvalue weighted by atomic mass is 10.2. The van der Waals surface area contributed by atoms with Crippen LogP contribution in [0.3, 0.4) is 0 Å². The molecule has 0 spiro atoms. The summed E-state index contributed by atoms with van der Waals surface area (Å²) in [7, 11) is 0. The molecule has 3 rings (SSSR count). The molecule has 0 amide bonds. The van der Waals surface area contributed by atoms with E-state index in [2.05, 4.69) is 9.88 Å². The Labute approximate surface area is 141 Å². The van der Waals surface area contributed by atoms with Gasteiger partial charge in [-0.1, -0.05) is 13.8 Å². The Bertz CT molecular complexity index is 655. The van der Waals surface area contributed by atoms with E-state index in [1.165, 1.54) is 12.1 Å². The van der Waals surface area contributed by atoms with Crippen LogP contribution in [0.15, 0.2) is 36.5 Å². The Balaban J connectivity index is 0.00000100. The number of pyridine rings is 1. The Morgan fingerprint density at radius 2 is 1.75 bits per heavy atom. The Morgan fingerprint density at radius 1 is 1.04 bits per heavy atom. The summed E-state index contributed by atoms with van der Waals surface area (Å²) in [6.07, 6.45) is 1.70. The van der Waals surface area contributed by atoms with E-state index in [0.29, 0.717) is 24.6 Å². The largest absolute Gasteiger partial charge is 0.384 e. The first kappa shape index (κ1) is 18.1. The number of aromatic nitrogens is 1. The maximum atomic E-state index is 13.8. The van der Waals surface area contributed by atoms with Gasteiger partial charge in [0.05, 0.1) is 5.69 Å². The summed E-state index contributed by atoms with van der Waals surface area (Å²) in [4.78, 5) is 8.22. The van der Waals surface area contributed by atoms with Gasteiger partial charge in [0.25, 0.3) is 0 Å². The van der Waals surface area contributed by atoms with Crippen LogP contribution in [-0.4, -0.2) is 36.1 Å². The van der Waals surface area contributed by atoms with Crippen molar-refractivity contribution in [1.82, 2.24) is 9.88 Å². The van der Waals surface area contributed by atoms with Crippen LogP contribution in [0.2, 0.25) is 0 Å². The van der Waals surface area contributed by atoms with Gasteiger partial charge in [-0.25, -0.2) is 13.8 Å². The molecule has 1 aliphatic heterocycles. The summed E-state index contributed by atoms with van der Waals surface area (Å²) in [5, 5.41) is 0. The van der Waals surface area contributed by atoms with E-state index in [4.69, 9.17) is 5.73 Å². The average Bonchev–Trinajstić information content (AvgIpc) is 2.58. The number of hydrogen-bond acceptors (Lipinski definition) is 4. The van der Waals surface area contributed by atoms with Crippen LogP contribution in [-0.2, 0) is 6.54 Å². The molecule has 1 aromatic carbocycles. The number of nitrogens with two attached hydrogens (primary N) is 1. The number of halogens is 2. The number of piperazine rings is 1. The molecule has 24 heavy (non-hydrogen) atoms. The van der Waals surface area contributed by atoms with Gasteiger partial charge in [-0.2, -0.15) is 0 Å². The highest BCUT2D eigenvalue weighted by Gasteiger charge is 2.19. The fraction of sp³-hybridized carbons (Fsp3) is 0.389. The van der Waals surface area contributed by atoms with Gasteiger partial charge in [0, 0.05) is 45.0 Å². The highest BCUT2D eigenvalue weighted by Crippen LogP contribution is 2.22. The molecular formula is C18H24F2N4. The summed E-state index contributed by atoms with van der Waals surface area (Å²) < 4.78 is 26.8. The lowest BCUT2D eigenvalue weighted by Crippen LogP contribution is -2.46. The smallest absolute Gasteiger partial charge is 0.149 e. The van der Waals surface area contributed by atoms with Gasteiger partial charge < -0.3 is 10.6 Å². The fourth-order valence-corrected chi connectivity index (χ4v) is 2.74. The average molecular weight is 334 g/mol. The minimum absolute atomic E-state index is 0.467. The second-order valence-electron chi connectivity index (χ2n) is 5.45. The van der Waals surface area contributed by atoms with Crippen molar-refractivity contribution in [3.63, 3.8) is 0 Å². The lowest BCUT2D eigenvalue weighted by Gasteiger charge is -2.36. The van der Waals surface area contributed by atoms with Crippen LogP contribution in [0.1, 0.15) is 19.4 Å². The second kappa shape index (κ2) is 8.59. The van der Waals surface area contributed by atoms with Gasteiger partial charge in [-0.15, -0.1) is 0 Å². The molecule has 2 aromatic rings. The fourth-order valence-electron chi connectivity index (χ4n) is 2.74. The zero-order valence-electron chi connectivity index (χ0n) is 14.2. The number of nitrogen functional groups attached to an aromatic ring is 1. The summed E-state index contributed by atoms with van der Waals surface area (Å²) >= 11 is 0. The molecule has 1 aliphatic rings. The standard InChI is InChI=1S/C16H18F2N4.C2H6/c17-13-1-2-15(14(18)10-13)22-7-5-21(6-8-22)11-12-3-4-20-16(19)9-12;1-2/h1-4,9-10H,5-8,11H2,(H2,19,20);1-2H3. The monoisotopic (exact) mass is 334 g/mol. The quantitative estimate of drug-likeness (QED) is 0.935. The molecule has 0 aliphatic carbocycles. The van der Waals surface area contributed by atoms with Crippen molar-refractivity contribution < 1.29 is 8.78 Å². The van der Waals surface area contributed by atoms with Gasteiger partial charge in [0.2, 0.25) is 0 Å². The van der Waals surface area contributed by atoms with Gasteiger partial charge in [-0.05, 0) is 29.8 Å². The molecule has 130 valence electrons. The van der Waals surface area contributed by atoms with Crippen LogP contribution in [0.5, 0.6) is 0 Å². The molecule has 1 fully saturated rings. The molecule has 4 nitrogen and oxygen atoms in total. The van der Waals surface area contributed by atoms with E-state index in [1.807, 2.05) is 30.9 Å². The summed E-state index contributed by atoms with van der Waals surface area (Å²) in [6.45, 7) is 7.86. The molecule has 0 unspecified atom stereocenters. The Kier molecular flexibility index (Phi) is 6.49. The van der Waals surface area contributed by atoms with Crippen LogP contribution in [0.25, 0.3) is 0 Å². The van der Waals surface area contributed by atoms with Gasteiger partial charge >= 0.3 is 0 Å². The van der Waals surface area contributed by atoms with Crippen molar-refractivity contribution in [3.8, 4) is 0 Å². The molecule has 0 bridgehead atoms. The summed E-state index contributed by atoms with van der Waals surface area (Å²) in [6, 6.07) is 7.55. The highest BCUT2D eigenvalue weighted by molar-refractivity contribution is 5.48. The third kappa shape index (κ3) is 4.64. The molecule has 6 heteroatoms. The zero-order valence-corrected chi connectivity index (χ0v) is 14.2. The molecule has 1 saturated heterocycles. The number of nitrogens with zero attached hydrogens (tertiary/aromatic N) is 3. The van der Waals surface area contributed by atoms with E-state index in [-0.39, 0.29) is 0 Å². The molecule has 2 heterocycles. The van der Waals surface area contributed by atoms with Crippen LogP contribution in [0.4, 0.5) is 20.3 Å². The summed E-state index contributed by atoms with van der Waals surface area (Å²) in [5.41, 5.74) is 7.27. The van der Waals surface area contributed by atoms with E-state index in [9.17, 15) is 8.78 Å². The van der Waals surface area contributed by atoms with Crippen molar-refractivity contribution in [1.29, 1.82) is 0 Å². The normalized spacial score (nSPS) is 14.9. The van der Waals surface area contributed by atoms with E-state index >= 15 is 0 Å². The third-order valence-electron chi connectivity index (χ3n) is 3.87. The zero-order chi connectivity index (χ0) is 17.5. The molecule has 0 radical (unpaired) electrons. The number of anilines is 2. The van der Waals surface area contributed by atoms with Crippen molar-refractivity contribution in [2.24, 2.45) is 0 Å². The Morgan fingerprint density at radius 3 is 2.38 bits per heavy atom. The first-order chi connectivity index (χ1) is 11.6. The molecule has 1 aromatic heterocycles.